The van der Waals surface area contributed by atoms with Crippen molar-refractivity contribution in [1.82, 2.24) is 4.98 Å². The number of rotatable bonds is 7. The summed E-state index contributed by atoms with van der Waals surface area (Å²) in [6.07, 6.45) is 5.50. The molecule has 1 heterocycles. The Morgan fingerprint density at radius 3 is 2.76 bits per heavy atom. The van der Waals surface area contributed by atoms with E-state index in [-0.39, 0.29) is 11.3 Å². The van der Waals surface area contributed by atoms with Gasteiger partial charge in [0, 0.05) is 25.5 Å². The van der Waals surface area contributed by atoms with Crippen LogP contribution in [0.3, 0.4) is 0 Å². The Bertz CT molecular complexity index is 545. The molecule has 0 spiro atoms. The molecule has 2 atom stereocenters. The summed E-state index contributed by atoms with van der Waals surface area (Å²) >= 11 is 0. The molecule has 1 N–H and O–H groups in total. The van der Waals surface area contributed by atoms with E-state index >= 15 is 0 Å². The van der Waals surface area contributed by atoms with Gasteiger partial charge in [-0.15, -0.1) is 0 Å². The first-order valence-corrected chi connectivity index (χ1v) is 8.99. The van der Waals surface area contributed by atoms with Crippen LogP contribution < -0.4 is 10.1 Å². The lowest BCUT2D eigenvalue weighted by atomic mass is 10.2. The molecule has 1 saturated carbocycles. The maximum Gasteiger partial charge on any atom is 0.213 e. The molecule has 118 valence electrons. The number of pyridine rings is 1. The van der Waals surface area contributed by atoms with Crippen LogP contribution in [0.1, 0.15) is 19.3 Å². The minimum atomic E-state index is -3.02. The Hall–Kier alpha value is -1.34. The van der Waals surface area contributed by atoms with Crippen molar-refractivity contribution in [2.45, 2.75) is 30.6 Å². The van der Waals surface area contributed by atoms with Crippen molar-refractivity contribution in [3.8, 4) is 5.88 Å². The third-order valence-corrected chi connectivity index (χ3v) is 5.29. The summed E-state index contributed by atoms with van der Waals surface area (Å²) in [6.45, 7) is 0.967. The minimum Gasteiger partial charge on any atom is -0.475 e. The van der Waals surface area contributed by atoms with Gasteiger partial charge < -0.3 is 14.8 Å². The lowest BCUT2D eigenvalue weighted by Gasteiger charge is -2.20. The van der Waals surface area contributed by atoms with E-state index in [9.17, 15) is 8.42 Å². The van der Waals surface area contributed by atoms with Crippen LogP contribution in [0.15, 0.2) is 18.3 Å². The topological polar surface area (TPSA) is 77.5 Å². The molecule has 0 saturated heterocycles. The van der Waals surface area contributed by atoms with Gasteiger partial charge in [0.2, 0.25) is 5.88 Å². The van der Waals surface area contributed by atoms with Crippen LogP contribution >= 0.6 is 0 Å². The Morgan fingerprint density at radius 2 is 2.14 bits per heavy atom. The Morgan fingerprint density at radius 1 is 1.33 bits per heavy atom. The van der Waals surface area contributed by atoms with E-state index in [1.54, 1.807) is 19.4 Å². The van der Waals surface area contributed by atoms with Crippen LogP contribution in [0.4, 0.5) is 5.69 Å². The third kappa shape index (κ3) is 4.57. The molecular formula is C14H22N2O4S. The lowest BCUT2D eigenvalue weighted by Crippen LogP contribution is -2.34. The summed E-state index contributed by atoms with van der Waals surface area (Å²) in [4.78, 5) is 4.19. The normalized spacial score (nSPS) is 22.2. The maximum absolute atomic E-state index is 11.7. The van der Waals surface area contributed by atoms with Crippen LogP contribution in [0.5, 0.6) is 5.88 Å². The van der Waals surface area contributed by atoms with Crippen molar-refractivity contribution < 1.29 is 17.9 Å². The predicted molar refractivity (Wildman–Crippen MR) is 81.5 cm³/mol. The summed E-state index contributed by atoms with van der Waals surface area (Å²) in [5.74, 6) is 0.531. The Kier molecular flexibility index (Phi) is 5.41. The third-order valence-electron chi connectivity index (χ3n) is 3.63. The molecule has 0 aliphatic heterocycles. The molecule has 1 fully saturated rings. The van der Waals surface area contributed by atoms with Crippen LogP contribution in [0.25, 0.3) is 0 Å². The first-order valence-electron chi connectivity index (χ1n) is 7.04. The average Bonchev–Trinajstić information content (AvgIpc) is 2.89. The molecule has 0 radical (unpaired) electrons. The fourth-order valence-corrected chi connectivity index (χ4v) is 3.99. The van der Waals surface area contributed by atoms with E-state index < -0.39 is 9.84 Å². The monoisotopic (exact) mass is 314 g/mol. The van der Waals surface area contributed by atoms with Gasteiger partial charge in [0.05, 0.1) is 23.7 Å². The standard InChI is InChI=1S/C14H22N2O4S/c1-19-8-9-20-14-7-6-11(10-15-14)16-12-4-3-5-13(12)21(2,17)18/h6-7,10,12-13,16H,3-5,8-9H2,1-2H3. The highest BCUT2D eigenvalue weighted by atomic mass is 32.2. The number of methoxy groups -OCH3 is 1. The molecule has 2 rings (SSSR count). The molecule has 1 aromatic heterocycles. The van der Waals surface area contributed by atoms with Crippen molar-refractivity contribution in [1.29, 1.82) is 0 Å². The fourth-order valence-electron chi connectivity index (χ4n) is 2.60. The lowest BCUT2D eigenvalue weighted by molar-refractivity contribution is 0.144. The molecule has 6 nitrogen and oxygen atoms in total. The number of sulfone groups is 1. The van der Waals surface area contributed by atoms with Gasteiger partial charge in [0.25, 0.3) is 0 Å². The molecule has 0 bridgehead atoms. The number of hydrogen-bond donors (Lipinski definition) is 1. The average molecular weight is 314 g/mol. The molecule has 1 aliphatic rings. The fraction of sp³-hybridized carbons (Fsp3) is 0.643. The number of anilines is 1. The van der Waals surface area contributed by atoms with Gasteiger partial charge in [-0.2, -0.15) is 0 Å². The quantitative estimate of drug-likeness (QED) is 0.768. The maximum atomic E-state index is 11.7. The SMILES string of the molecule is COCCOc1ccc(NC2CCCC2S(C)(=O)=O)cn1. The first kappa shape index (κ1) is 16.0. The zero-order valence-electron chi connectivity index (χ0n) is 12.4. The molecule has 0 amide bonds. The molecular weight excluding hydrogens is 292 g/mol. The Balaban J connectivity index is 1.94. The highest BCUT2D eigenvalue weighted by Crippen LogP contribution is 2.28. The van der Waals surface area contributed by atoms with Gasteiger partial charge in [-0.3, -0.25) is 0 Å². The summed E-state index contributed by atoms with van der Waals surface area (Å²) in [5.41, 5.74) is 0.814. The summed E-state index contributed by atoms with van der Waals surface area (Å²) in [5, 5.41) is 2.96. The molecule has 2 unspecified atom stereocenters. The van der Waals surface area contributed by atoms with Crippen molar-refractivity contribution in [3.05, 3.63) is 18.3 Å². The molecule has 7 heteroatoms. The van der Waals surface area contributed by atoms with E-state index in [2.05, 4.69) is 10.3 Å². The highest BCUT2D eigenvalue weighted by molar-refractivity contribution is 7.91. The highest BCUT2D eigenvalue weighted by Gasteiger charge is 2.34. The van der Waals surface area contributed by atoms with Crippen molar-refractivity contribution in [2.75, 3.05) is 31.9 Å². The van der Waals surface area contributed by atoms with E-state index in [1.807, 2.05) is 6.07 Å². The second-order valence-corrected chi connectivity index (χ2v) is 7.54. The number of nitrogens with one attached hydrogen (secondary N) is 1. The van der Waals surface area contributed by atoms with Gasteiger partial charge in [-0.25, -0.2) is 13.4 Å². The summed E-state index contributed by atoms with van der Waals surface area (Å²) in [6, 6.07) is 3.58. The predicted octanol–water partition coefficient (Wildman–Crippen LogP) is 1.48. The van der Waals surface area contributed by atoms with E-state index in [1.165, 1.54) is 6.26 Å². The van der Waals surface area contributed by atoms with Crippen LogP contribution in [-0.2, 0) is 14.6 Å². The van der Waals surface area contributed by atoms with Gasteiger partial charge in [0.15, 0.2) is 9.84 Å². The zero-order chi connectivity index (χ0) is 15.3. The Labute approximate surface area is 125 Å². The van der Waals surface area contributed by atoms with E-state index in [4.69, 9.17) is 9.47 Å². The molecule has 1 aromatic rings. The minimum absolute atomic E-state index is 0.0398. The number of aromatic nitrogens is 1. The second-order valence-electron chi connectivity index (χ2n) is 5.28. The van der Waals surface area contributed by atoms with Crippen molar-refractivity contribution in [2.24, 2.45) is 0 Å². The number of hydrogen-bond acceptors (Lipinski definition) is 6. The zero-order valence-corrected chi connectivity index (χ0v) is 13.2. The van der Waals surface area contributed by atoms with Gasteiger partial charge in [0.1, 0.15) is 6.61 Å². The van der Waals surface area contributed by atoms with Gasteiger partial charge in [-0.1, -0.05) is 0 Å². The molecule has 1 aliphatic carbocycles. The van der Waals surface area contributed by atoms with Gasteiger partial charge >= 0.3 is 0 Å². The van der Waals surface area contributed by atoms with Gasteiger partial charge in [-0.05, 0) is 25.3 Å². The van der Waals surface area contributed by atoms with Crippen LogP contribution in [-0.4, -0.2) is 51.3 Å². The number of nitrogens with zero attached hydrogens (tertiary/aromatic N) is 1. The molecule has 0 aromatic carbocycles. The van der Waals surface area contributed by atoms with Crippen LogP contribution in [0, 0.1) is 0 Å². The van der Waals surface area contributed by atoms with Crippen molar-refractivity contribution >= 4 is 15.5 Å². The van der Waals surface area contributed by atoms with Crippen molar-refractivity contribution in [3.63, 3.8) is 0 Å². The number of ether oxygens (including phenoxy) is 2. The second kappa shape index (κ2) is 7.09. The van der Waals surface area contributed by atoms with E-state index in [0.29, 0.717) is 19.1 Å². The summed E-state index contributed by atoms with van der Waals surface area (Å²) in [7, 11) is -1.40. The van der Waals surface area contributed by atoms with E-state index in [0.717, 1.165) is 24.9 Å². The van der Waals surface area contributed by atoms with Crippen LogP contribution in [0.2, 0.25) is 0 Å². The largest absolute Gasteiger partial charge is 0.475 e. The smallest absolute Gasteiger partial charge is 0.213 e. The molecule has 21 heavy (non-hydrogen) atoms. The first-order chi connectivity index (χ1) is 10.0. The summed E-state index contributed by atoms with van der Waals surface area (Å²) < 4.78 is 33.8.